The quantitative estimate of drug-likeness (QED) is 0.757. The van der Waals surface area contributed by atoms with Gasteiger partial charge in [0.15, 0.2) is 0 Å². The third-order valence-electron chi connectivity index (χ3n) is 1.44. The molecule has 0 fully saturated rings. The third kappa shape index (κ3) is 2.60. The molecule has 0 saturated carbocycles. The lowest BCUT2D eigenvalue weighted by Crippen LogP contribution is -1.98. The van der Waals surface area contributed by atoms with E-state index in [0.29, 0.717) is 0 Å². The van der Waals surface area contributed by atoms with Gasteiger partial charge in [-0.15, -0.1) is 0 Å². The van der Waals surface area contributed by atoms with Crippen LogP contribution in [-0.2, 0) is 13.3 Å². The second-order valence-corrected chi connectivity index (χ2v) is 5.05. The smallest absolute Gasteiger partial charge is 0.343 e. The molecule has 1 rings (SSSR count). The molecule has 0 radical (unpaired) electrons. The number of halogens is 2. The van der Waals surface area contributed by atoms with Crippen LogP contribution in [0.2, 0.25) is 0 Å². The summed E-state index contributed by atoms with van der Waals surface area (Å²) in [5, 5.41) is 0. The summed E-state index contributed by atoms with van der Waals surface area (Å²) in [4.78, 5) is 10.7. The zero-order valence-corrected chi connectivity index (χ0v) is 8.93. The van der Waals surface area contributed by atoms with Gasteiger partial charge in [0.1, 0.15) is 11.9 Å². The maximum Gasteiger partial charge on any atom is 0.356 e. The van der Waals surface area contributed by atoms with Crippen molar-refractivity contribution in [1.82, 2.24) is 0 Å². The predicted octanol–water partition coefficient (Wildman–Crippen LogP) is 1.92. The highest BCUT2D eigenvalue weighted by molar-refractivity contribution is 8.13. The Labute approximate surface area is 90.0 Å². The Morgan fingerprint density at radius 3 is 2.07 bits per heavy atom. The first-order valence-corrected chi connectivity index (χ1v) is 5.94. The van der Waals surface area contributed by atoms with Gasteiger partial charge in [0, 0.05) is 10.7 Å². The first kappa shape index (κ1) is 11.3. The second-order valence-electron chi connectivity index (χ2n) is 2.33. The molecule has 4 nitrogen and oxygen atoms in total. The van der Waals surface area contributed by atoms with Crippen LogP contribution in [0.3, 0.4) is 0 Å². The molecular formula is C7H4Cl2O4S. The van der Waals surface area contributed by atoms with E-state index in [-0.39, 0.29) is 10.5 Å². The molecule has 0 amide bonds. The molecule has 0 aliphatic rings. The summed E-state index contributed by atoms with van der Waals surface area (Å²) >= 11 is 4.82. The van der Waals surface area contributed by atoms with E-state index in [4.69, 9.17) is 22.5 Å². The second kappa shape index (κ2) is 4.16. The summed E-state index contributed by atoms with van der Waals surface area (Å²) < 4.78 is 25.5. The van der Waals surface area contributed by atoms with Crippen LogP contribution in [0.25, 0.3) is 0 Å². The lowest BCUT2D eigenvalue weighted by atomic mass is 10.2. The molecule has 7 heteroatoms. The third-order valence-corrected chi connectivity index (χ3v) is 2.95. The van der Waals surface area contributed by atoms with E-state index < -0.39 is 15.0 Å². The van der Waals surface area contributed by atoms with E-state index in [1.54, 1.807) is 0 Å². The Balaban J connectivity index is 3.07. The van der Waals surface area contributed by atoms with Gasteiger partial charge in [-0.05, 0) is 24.3 Å². The largest absolute Gasteiger partial charge is 0.356 e. The molecule has 0 unspecified atom stereocenters. The molecule has 76 valence electrons. The number of carbonyl (C=O) groups is 1. The highest BCUT2D eigenvalue weighted by Crippen LogP contribution is 2.15. The molecule has 0 N–H and O–H groups in total. The van der Waals surface area contributed by atoms with Crippen molar-refractivity contribution in [3.8, 4) is 0 Å². The fraction of sp³-hybridized carbons (Fsp3) is 0. The van der Waals surface area contributed by atoms with Crippen LogP contribution >= 0.6 is 22.5 Å². The molecule has 0 saturated heterocycles. The Morgan fingerprint density at radius 1 is 1.21 bits per heavy atom. The Bertz CT molecular complexity index is 437. The normalized spacial score (nSPS) is 11.0. The Hall–Kier alpha value is -0.780. The average Bonchev–Trinajstić information content (AvgIpc) is 2.15. The maximum atomic E-state index is 10.8. The summed E-state index contributed by atoms with van der Waals surface area (Å²) in [6, 6.07) is 4.87. The standard InChI is InChI=1S/C7H4Cl2O4S/c8-13-7(10)5-1-3-6(4-2-5)14(9,11)12/h1-4H. The van der Waals surface area contributed by atoms with Crippen LogP contribution in [-0.4, -0.2) is 14.4 Å². The van der Waals surface area contributed by atoms with Gasteiger partial charge >= 0.3 is 5.97 Å². The average molecular weight is 255 g/mol. The van der Waals surface area contributed by atoms with Crippen LogP contribution in [0.1, 0.15) is 10.4 Å². The molecule has 0 bridgehead atoms. The van der Waals surface area contributed by atoms with Gasteiger partial charge in [0.25, 0.3) is 9.05 Å². The number of carbonyl (C=O) groups excluding carboxylic acids is 1. The first-order valence-electron chi connectivity index (χ1n) is 3.33. The molecule has 0 aromatic heterocycles. The molecule has 0 heterocycles. The van der Waals surface area contributed by atoms with Crippen LogP contribution in [0.15, 0.2) is 29.2 Å². The summed E-state index contributed by atoms with van der Waals surface area (Å²) in [6.45, 7) is 0. The minimum Gasteiger partial charge on any atom is -0.343 e. The highest BCUT2D eigenvalue weighted by atomic mass is 35.7. The SMILES string of the molecule is O=C(OCl)c1ccc(S(=O)(=O)Cl)cc1. The minimum absolute atomic E-state index is 0.0923. The zero-order chi connectivity index (χ0) is 10.8. The lowest BCUT2D eigenvalue weighted by molar-refractivity contribution is 0.0751. The van der Waals surface area contributed by atoms with E-state index in [0.717, 1.165) is 0 Å². The fourth-order valence-corrected chi connectivity index (χ4v) is 1.66. The summed E-state index contributed by atoms with van der Waals surface area (Å²) in [5.74, 6) is -0.759. The van der Waals surface area contributed by atoms with Crippen molar-refractivity contribution in [3.05, 3.63) is 29.8 Å². The van der Waals surface area contributed by atoms with E-state index in [1.807, 2.05) is 0 Å². The Kier molecular flexibility index (Phi) is 3.36. The van der Waals surface area contributed by atoms with E-state index in [1.165, 1.54) is 24.3 Å². The van der Waals surface area contributed by atoms with Crippen LogP contribution in [0, 0.1) is 0 Å². The lowest BCUT2D eigenvalue weighted by Gasteiger charge is -1.97. The molecule has 14 heavy (non-hydrogen) atoms. The van der Waals surface area contributed by atoms with Crippen molar-refractivity contribution < 1.29 is 17.5 Å². The van der Waals surface area contributed by atoms with Crippen molar-refractivity contribution in [1.29, 1.82) is 0 Å². The molecule has 0 aliphatic carbocycles. The summed E-state index contributed by atoms with van der Waals surface area (Å²) in [5.41, 5.74) is 0.143. The number of hydrogen-bond acceptors (Lipinski definition) is 4. The van der Waals surface area contributed by atoms with Gasteiger partial charge in [-0.25, -0.2) is 13.2 Å². The predicted molar refractivity (Wildman–Crippen MR) is 50.7 cm³/mol. The van der Waals surface area contributed by atoms with Crippen molar-refractivity contribution in [3.63, 3.8) is 0 Å². The highest BCUT2D eigenvalue weighted by Gasteiger charge is 2.11. The molecule has 1 aromatic rings. The van der Waals surface area contributed by atoms with Gasteiger partial charge < -0.3 is 4.29 Å². The first-order chi connectivity index (χ1) is 6.45. The number of benzene rings is 1. The molecule has 1 aromatic carbocycles. The summed E-state index contributed by atoms with van der Waals surface area (Å²) in [6.07, 6.45) is 0. The van der Waals surface area contributed by atoms with E-state index in [9.17, 15) is 13.2 Å². The van der Waals surface area contributed by atoms with Crippen molar-refractivity contribution in [2.45, 2.75) is 4.90 Å². The van der Waals surface area contributed by atoms with Crippen molar-refractivity contribution in [2.75, 3.05) is 0 Å². The number of hydrogen-bond donors (Lipinski definition) is 0. The Morgan fingerprint density at radius 2 is 1.71 bits per heavy atom. The van der Waals surface area contributed by atoms with Gasteiger partial charge in [0.2, 0.25) is 0 Å². The number of rotatable bonds is 2. The van der Waals surface area contributed by atoms with Gasteiger partial charge in [0.05, 0.1) is 10.5 Å². The molecule has 0 spiro atoms. The van der Waals surface area contributed by atoms with Crippen LogP contribution in [0.4, 0.5) is 0 Å². The van der Waals surface area contributed by atoms with E-state index >= 15 is 0 Å². The zero-order valence-electron chi connectivity index (χ0n) is 6.61. The fourth-order valence-electron chi connectivity index (χ4n) is 0.798. The van der Waals surface area contributed by atoms with Gasteiger partial charge in [-0.2, -0.15) is 0 Å². The molecule has 0 aliphatic heterocycles. The van der Waals surface area contributed by atoms with Crippen molar-refractivity contribution >= 4 is 37.6 Å². The van der Waals surface area contributed by atoms with Crippen LogP contribution in [0.5, 0.6) is 0 Å². The summed E-state index contributed by atoms with van der Waals surface area (Å²) in [7, 11) is 1.29. The molecule has 0 atom stereocenters. The van der Waals surface area contributed by atoms with Crippen LogP contribution < -0.4 is 0 Å². The van der Waals surface area contributed by atoms with E-state index in [2.05, 4.69) is 4.29 Å². The van der Waals surface area contributed by atoms with Gasteiger partial charge in [-0.3, -0.25) is 0 Å². The van der Waals surface area contributed by atoms with Gasteiger partial charge in [-0.1, -0.05) is 0 Å². The van der Waals surface area contributed by atoms with Crippen molar-refractivity contribution in [2.24, 2.45) is 0 Å². The topological polar surface area (TPSA) is 60.4 Å². The molecular weight excluding hydrogens is 251 g/mol. The minimum atomic E-state index is -3.76. The maximum absolute atomic E-state index is 10.8. The monoisotopic (exact) mass is 254 g/mol.